The van der Waals surface area contributed by atoms with Crippen LogP contribution in [-0.4, -0.2) is 45.9 Å². The first-order chi connectivity index (χ1) is 11.7. The number of aliphatic hydroxyl groups is 1. The lowest BCUT2D eigenvalue weighted by molar-refractivity contribution is -0.140. The van der Waals surface area contributed by atoms with E-state index in [4.69, 9.17) is 15.3 Å². The Bertz CT molecular complexity index is 558. The lowest BCUT2D eigenvalue weighted by Gasteiger charge is -2.02. The normalized spacial score (nSPS) is 10.2. The number of benzene rings is 1. The van der Waals surface area contributed by atoms with Gasteiger partial charge in [0.05, 0.1) is 6.10 Å². The van der Waals surface area contributed by atoms with Gasteiger partial charge in [-0.1, -0.05) is 49.6 Å². The number of carbonyl (C=O) groups is 3. The highest BCUT2D eigenvalue weighted by molar-refractivity contribution is 5.89. The highest BCUT2D eigenvalue weighted by atomic mass is 16.5. The second kappa shape index (κ2) is 15.7. The predicted octanol–water partition coefficient (Wildman–Crippen LogP) is 2.14. The maximum absolute atomic E-state index is 10.3. The Kier molecular flexibility index (Phi) is 15.1. The Morgan fingerprint density at radius 1 is 1.08 bits per heavy atom. The Morgan fingerprint density at radius 3 is 1.84 bits per heavy atom. The Balaban J connectivity index is 0. The maximum atomic E-state index is 10.3. The summed E-state index contributed by atoms with van der Waals surface area (Å²) in [5, 5.41) is 24.2. The molecule has 0 aliphatic carbocycles. The van der Waals surface area contributed by atoms with Gasteiger partial charge in [-0.2, -0.15) is 0 Å². The van der Waals surface area contributed by atoms with E-state index in [9.17, 15) is 14.4 Å². The Hall–Kier alpha value is -3.19. The van der Waals surface area contributed by atoms with Crippen LogP contribution < -0.4 is 0 Å². The molecule has 0 aliphatic heterocycles. The zero-order chi connectivity index (χ0) is 19.7. The van der Waals surface area contributed by atoms with Crippen molar-refractivity contribution in [1.82, 2.24) is 0 Å². The summed E-state index contributed by atoms with van der Waals surface area (Å²) < 4.78 is 4.45. The number of carboxylic acid groups (broad SMARTS) is 2. The molecule has 0 radical (unpaired) electrons. The monoisotopic (exact) mass is 350 g/mol. The number of hydrogen-bond donors (Lipinski definition) is 3. The van der Waals surface area contributed by atoms with Crippen LogP contribution >= 0.6 is 0 Å². The fraction of sp³-hybridized carbons (Fsp3) is 0.167. The van der Waals surface area contributed by atoms with Gasteiger partial charge in [0.2, 0.25) is 0 Å². The number of carboxylic acids is 2. The van der Waals surface area contributed by atoms with Gasteiger partial charge in [-0.15, -0.1) is 0 Å². The summed E-state index contributed by atoms with van der Waals surface area (Å²) in [4.78, 5) is 29.4. The van der Waals surface area contributed by atoms with E-state index in [1.807, 2.05) is 36.4 Å². The fourth-order valence-corrected chi connectivity index (χ4v) is 0.993. The molecule has 25 heavy (non-hydrogen) atoms. The topological polar surface area (TPSA) is 121 Å². The van der Waals surface area contributed by atoms with Gasteiger partial charge in [-0.3, -0.25) is 0 Å². The molecule has 0 bridgehead atoms. The Morgan fingerprint density at radius 2 is 1.56 bits per heavy atom. The second-order valence-electron chi connectivity index (χ2n) is 4.31. The number of carbonyl (C=O) groups excluding carboxylic acids is 1. The second-order valence-corrected chi connectivity index (χ2v) is 4.31. The van der Waals surface area contributed by atoms with Crippen LogP contribution in [0.25, 0.3) is 6.08 Å². The molecule has 136 valence electrons. The minimum atomic E-state index is -1.26. The van der Waals surface area contributed by atoms with Crippen molar-refractivity contribution in [2.24, 2.45) is 0 Å². The first-order valence-corrected chi connectivity index (χ1v) is 7.01. The Labute approximate surface area is 146 Å². The van der Waals surface area contributed by atoms with Crippen LogP contribution in [0.15, 0.2) is 61.7 Å². The zero-order valence-corrected chi connectivity index (χ0v) is 13.9. The van der Waals surface area contributed by atoms with E-state index in [1.54, 1.807) is 0 Å². The summed E-state index contributed by atoms with van der Waals surface area (Å²) in [7, 11) is 0. The molecule has 0 aromatic heterocycles. The number of aliphatic hydroxyl groups excluding tert-OH is 1. The van der Waals surface area contributed by atoms with Crippen LogP contribution in [-0.2, 0) is 19.1 Å². The van der Waals surface area contributed by atoms with Crippen molar-refractivity contribution >= 4 is 24.0 Å². The van der Waals surface area contributed by atoms with E-state index < -0.39 is 24.0 Å². The molecule has 0 saturated carbocycles. The van der Waals surface area contributed by atoms with E-state index in [-0.39, 0.29) is 6.61 Å². The first-order valence-electron chi connectivity index (χ1n) is 7.01. The average molecular weight is 350 g/mol. The average Bonchev–Trinajstić information content (AvgIpc) is 2.59. The van der Waals surface area contributed by atoms with Gasteiger partial charge in [0.1, 0.15) is 6.61 Å². The highest BCUT2D eigenvalue weighted by Crippen LogP contribution is 1.97. The number of ether oxygens (including phenoxy) is 1. The van der Waals surface area contributed by atoms with Gasteiger partial charge in [0, 0.05) is 18.2 Å². The van der Waals surface area contributed by atoms with Crippen molar-refractivity contribution in [2.45, 2.75) is 13.0 Å². The third kappa shape index (κ3) is 20.8. The van der Waals surface area contributed by atoms with Crippen LogP contribution in [0.2, 0.25) is 0 Å². The van der Waals surface area contributed by atoms with Crippen molar-refractivity contribution in [1.29, 1.82) is 0 Å². The SMILES string of the molecule is C=CC(=O)OCC(C)O.C=Cc1ccccc1.O=C(O)/C=C\C(=O)O. The van der Waals surface area contributed by atoms with Gasteiger partial charge in [-0.05, 0) is 12.5 Å². The minimum absolute atomic E-state index is 0.0326. The van der Waals surface area contributed by atoms with Crippen LogP contribution in [0.4, 0.5) is 0 Å². The number of aliphatic carboxylic acids is 2. The number of rotatable bonds is 6. The molecule has 1 aromatic rings. The zero-order valence-electron chi connectivity index (χ0n) is 13.9. The van der Waals surface area contributed by atoms with Gasteiger partial charge in [-0.25, -0.2) is 14.4 Å². The third-order valence-electron chi connectivity index (χ3n) is 2.04. The molecule has 0 amide bonds. The summed E-state index contributed by atoms with van der Waals surface area (Å²) in [6.45, 7) is 8.38. The van der Waals surface area contributed by atoms with E-state index in [0.717, 1.165) is 6.08 Å². The molecule has 0 aliphatic rings. The molecule has 3 N–H and O–H groups in total. The summed E-state index contributed by atoms with van der Waals surface area (Å²) in [5.41, 5.74) is 1.17. The first kappa shape index (κ1) is 24.1. The molecular weight excluding hydrogens is 328 g/mol. The van der Waals surface area contributed by atoms with Crippen molar-refractivity contribution in [3.8, 4) is 0 Å². The standard InChI is InChI=1S/C8H8.C6H10O3.C4H4O4/c1-2-8-6-4-3-5-7-8;1-3-6(8)9-4-5(2)7;5-3(6)1-2-4(7)8/h2-7H,1H2;3,5,7H,1,4H2,2H3;1-2H,(H,5,6)(H,7,8)/b;;2-1-. The summed E-state index contributed by atoms with van der Waals surface area (Å²) in [5.74, 6) is -3.02. The van der Waals surface area contributed by atoms with E-state index in [1.165, 1.54) is 12.5 Å². The summed E-state index contributed by atoms with van der Waals surface area (Å²) >= 11 is 0. The molecule has 7 heteroatoms. The summed E-state index contributed by atoms with van der Waals surface area (Å²) in [6, 6.07) is 10.0. The highest BCUT2D eigenvalue weighted by Gasteiger charge is 1.98. The molecule has 0 spiro atoms. The minimum Gasteiger partial charge on any atom is -0.478 e. The molecular formula is C18H22O7. The lowest BCUT2D eigenvalue weighted by Crippen LogP contribution is -2.13. The number of hydrogen-bond acceptors (Lipinski definition) is 5. The predicted molar refractivity (Wildman–Crippen MR) is 93.8 cm³/mol. The maximum Gasteiger partial charge on any atom is 0.330 e. The van der Waals surface area contributed by atoms with Crippen molar-refractivity contribution < 1.29 is 34.4 Å². The smallest absolute Gasteiger partial charge is 0.330 e. The van der Waals surface area contributed by atoms with Gasteiger partial charge in [0.25, 0.3) is 0 Å². The molecule has 1 unspecified atom stereocenters. The van der Waals surface area contributed by atoms with Crippen LogP contribution in [0.5, 0.6) is 0 Å². The van der Waals surface area contributed by atoms with Crippen LogP contribution in [0.3, 0.4) is 0 Å². The molecule has 0 saturated heterocycles. The molecule has 1 aromatic carbocycles. The fourth-order valence-electron chi connectivity index (χ4n) is 0.993. The number of esters is 1. The van der Waals surface area contributed by atoms with Crippen LogP contribution in [0, 0.1) is 0 Å². The molecule has 0 fully saturated rings. The van der Waals surface area contributed by atoms with E-state index in [0.29, 0.717) is 12.2 Å². The summed E-state index contributed by atoms with van der Waals surface area (Å²) in [6.07, 6.45) is 3.40. The van der Waals surface area contributed by atoms with Crippen molar-refractivity contribution in [3.05, 3.63) is 67.3 Å². The van der Waals surface area contributed by atoms with Gasteiger partial charge < -0.3 is 20.1 Å². The molecule has 1 rings (SSSR count). The molecule has 1 atom stereocenters. The van der Waals surface area contributed by atoms with Crippen molar-refractivity contribution in [3.63, 3.8) is 0 Å². The quantitative estimate of drug-likeness (QED) is 0.531. The lowest BCUT2D eigenvalue weighted by atomic mass is 10.2. The largest absolute Gasteiger partial charge is 0.478 e. The van der Waals surface area contributed by atoms with Gasteiger partial charge >= 0.3 is 17.9 Å². The van der Waals surface area contributed by atoms with Crippen molar-refractivity contribution in [2.75, 3.05) is 6.61 Å². The molecule has 7 nitrogen and oxygen atoms in total. The van der Waals surface area contributed by atoms with Gasteiger partial charge in [0.15, 0.2) is 0 Å². The van der Waals surface area contributed by atoms with E-state index in [2.05, 4.69) is 17.9 Å². The van der Waals surface area contributed by atoms with Crippen LogP contribution in [0.1, 0.15) is 12.5 Å². The molecule has 0 heterocycles. The van der Waals surface area contributed by atoms with E-state index >= 15 is 0 Å². The third-order valence-corrected chi connectivity index (χ3v) is 2.04.